The van der Waals surface area contributed by atoms with Crippen LogP contribution in [0.15, 0.2) is 35.4 Å². The van der Waals surface area contributed by atoms with Crippen LogP contribution in [-0.4, -0.2) is 27.7 Å². The molecule has 1 N–H and O–H groups in total. The number of thioether (sulfide) groups is 1. The fourth-order valence-electron chi connectivity index (χ4n) is 4.05. The van der Waals surface area contributed by atoms with Gasteiger partial charge in [0, 0.05) is 22.9 Å². The van der Waals surface area contributed by atoms with E-state index in [1.165, 1.54) is 43.4 Å². The van der Waals surface area contributed by atoms with Crippen molar-refractivity contribution in [1.29, 1.82) is 0 Å². The molecule has 142 valence electrons. The molecule has 0 saturated heterocycles. The molecule has 0 aliphatic heterocycles. The third-order valence-corrected chi connectivity index (χ3v) is 6.51. The smallest absolute Gasteiger partial charge is 0.230 e. The number of benzene rings is 1. The molecule has 1 aromatic heterocycles. The molecule has 27 heavy (non-hydrogen) atoms. The third kappa shape index (κ3) is 4.70. The van der Waals surface area contributed by atoms with Crippen molar-refractivity contribution in [1.82, 2.24) is 15.3 Å². The number of rotatable bonds is 5. The van der Waals surface area contributed by atoms with Crippen LogP contribution in [0.4, 0.5) is 0 Å². The van der Waals surface area contributed by atoms with Crippen LogP contribution in [0.3, 0.4) is 0 Å². The average Bonchev–Trinajstić information content (AvgIpc) is 2.73. The summed E-state index contributed by atoms with van der Waals surface area (Å²) in [6, 6.07) is 10.5. The van der Waals surface area contributed by atoms with Gasteiger partial charge in [-0.15, -0.1) is 0 Å². The van der Waals surface area contributed by atoms with Crippen LogP contribution in [0.2, 0.25) is 0 Å². The number of hydrogen-bond donors (Lipinski definition) is 1. The number of aromatic nitrogens is 2. The molecule has 0 unspecified atom stereocenters. The first-order chi connectivity index (χ1) is 13.3. The maximum atomic E-state index is 12.4. The molecular formula is C22H27N3OS. The van der Waals surface area contributed by atoms with Gasteiger partial charge in [0.25, 0.3) is 0 Å². The third-order valence-electron chi connectivity index (χ3n) is 5.49. The van der Waals surface area contributed by atoms with Crippen molar-refractivity contribution in [2.45, 2.75) is 68.9 Å². The first kappa shape index (κ1) is 18.5. The van der Waals surface area contributed by atoms with Gasteiger partial charge in [-0.2, -0.15) is 0 Å². The quantitative estimate of drug-likeness (QED) is 0.609. The highest BCUT2D eigenvalue weighted by Crippen LogP contribution is 2.31. The number of carbonyl (C=O) groups is 1. The van der Waals surface area contributed by atoms with E-state index in [2.05, 4.69) is 17.4 Å². The number of aryl methyl sites for hydroxylation is 1. The minimum atomic E-state index is 0.135. The van der Waals surface area contributed by atoms with Gasteiger partial charge >= 0.3 is 0 Å². The summed E-state index contributed by atoms with van der Waals surface area (Å²) in [4.78, 5) is 22.1. The number of hydrogen-bond acceptors (Lipinski definition) is 4. The van der Waals surface area contributed by atoms with Crippen molar-refractivity contribution >= 4 is 17.7 Å². The van der Waals surface area contributed by atoms with Gasteiger partial charge < -0.3 is 5.32 Å². The molecule has 2 aliphatic rings. The topological polar surface area (TPSA) is 54.9 Å². The van der Waals surface area contributed by atoms with Crippen molar-refractivity contribution in [2.24, 2.45) is 0 Å². The summed E-state index contributed by atoms with van der Waals surface area (Å²) < 4.78 is 0. The molecule has 0 spiro atoms. The van der Waals surface area contributed by atoms with Crippen LogP contribution in [0.5, 0.6) is 0 Å². The van der Waals surface area contributed by atoms with E-state index < -0.39 is 0 Å². The lowest BCUT2D eigenvalue weighted by molar-refractivity contribution is -0.119. The first-order valence-electron chi connectivity index (χ1n) is 10.2. The Morgan fingerprint density at radius 1 is 1.00 bits per heavy atom. The van der Waals surface area contributed by atoms with Gasteiger partial charge in [-0.3, -0.25) is 4.79 Å². The predicted octanol–water partition coefficient (Wildman–Crippen LogP) is 4.56. The summed E-state index contributed by atoms with van der Waals surface area (Å²) in [6.07, 6.45) is 10.4. The predicted molar refractivity (Wildman–Crippen MR) is 110 cm³/mol. The van der Waals surface area contributed by atoms with Gasteiger partial charge in [0.2, 0.25) is 5.91 Å². The van der Waals surface area contributed by atoms with Crippen molar-refractivity contribution in [2.75, 3.05) is 5.75 Å². The van der Waals surface area contributed by atoms with E-state index in [-0.39, 0.29) is 5.91 Å². The largest absolute Gasteiger partial charge is 0.353 e. The maximum absolute atomic E-state index is 12.4. The fraction of sp³-hybridized carbons (Fsp3) is 0.500. The average molecular weight is 382 g/mol. The maximum Gasteiger partial charge on any atom is 0.230 e. The van der Waals surface area contributed by atoms with Crippen LogP contribution in [0, 0.1) is 0 Å². The number of fused-ring (bicyclic) bond motifs is 1. The van der Waals surface area contributed by atoms with Gasteiger partial charge in [0.1, 0.15) is 5.03 Å². The second-order valence-corrected chi connectivity index (χ2v) is 8.51. The lowest BCUT2D eigenvalue weighted by Crippen LogP contribution is -2.37. The Bertz CT molecular complexity index is 788. The van der Waals surface area contributed by atoms with Crippen LogP contribution < -0.4 is 5.32 Å². The van der Waals surface area contributed by atoms with E-state index in [0.29, 0.717) is 11.8 Å². The Morgan fingerprint density at radius 3 is 2.59 bits per heavy atom. The highest BCUT2D eigenvalue weighted by atomic mass is 32.2. The normalized spacial score (nSPS) is 17.3. The second-order valence-electron chi connectivity index (χ2n) is 7.54. The Morgan fingerprint density at radius 2 is 1.78 bits per heavy atom. The minimum Gasteiger partial charge on any atom is -0.353 e. The monoisotopic (exact) mass is 381 g/mol. The van der Waals surface area contributed by atoms with E-state index in [9.17, 15) is 4.79 Å². The number of carbonyl (C=O) groups excluding carboxylic acids is 1. The zero-order valence-corrected chi connectivity index (χ0v) is 16.6. The standard InChI is InChI=1S/C22H27N3OS/c26-20(23-17-11-5-2-6-12-17)15-27-22-18-13-7-8-14-19(18)24-21(25-22)16-9-3-1-4-10-16/h1,3-4,9-10,17H,2,5-8,11-15H2,(H,23,26). The molecule has 0 atom stereocenters. The molecule has 4 nitrogen and oxygen atoms in total. The van der Waals surface area contributed by atoms with Crippen LogP contribution in [-0.2, 0) is 17.6 Å². The molecule has 0 bridgehead atoms. The van der Waals surface area contributed by atoms with Gasteiger partial charge in [-0.25, -0.2) is 9.97 Å². The molecule has 1 aromatic carbocycles. The molecule has 1 fully saturated rings. The second kappa shape index (κ2) is 8.87. The SMILES string of the molecule is O=C(CSc1nc(-c2ccccc2)nc2c1CCCC2)NC1CCCCC1. The molecule has 1 saturated carbocycles. The molecular weight excluding hydrogens is 354 g/mol. The molecule has 4 rings (SSSR count). The lowest BCUT2D eigenvalue weighted by atomic mass is 9.95. The summed E-state index contributed by atoms with van der Waals surface area (Å²) >= 11 is 1.58. The highest BCUT2D eigenvalue weighted by molar-refractivity contribution is 7.99. The summed E-state index contributed by atoms with van der Waals surface area (Å²) in [5.74, 6) is 1.36. The Labute approximate surface area is 165 Å². The minimum absolute atomic E-state index is 0.135. The highest BCUT2D eigenvalue weighted by Gasteiger charge is 2.20. The van der Waals surface area contributed by atoms with Crippen molar-refractivity contribution in [3.05, 3.63) is 41.6 Å². The van der Waals surface area contributed by atoms with Crippen molar-refractivity contribution in [3.63, 3.8) is 0 Å². The number of nitrogens with one attached hydrogen (secondary N) is 1. The van der Waals surface area contributed by atoms with E-state index in [1.54, 1.807) is 11.8 Å². The van der Waals surface area contributed by atoms with Crippen molar-refractivity contribution < 1.29 is 4.79 Å². The fourth-order valence-corrected chi connectivity index (χ4v) is 4.94. The van der Waals surface area contributed by atoms with Crippen LogP contribution in [0.1, 0.15) is 56.2 Å². The van der Waals surface area contributed by atoms with Gasteiger partial charge in [-0.05, 0) is 38.5 Å². The molecule has 2 aromatic rings. The first-order valence-corrected chi connectivity index (χ1v) is 11.2. The molecule has 5 heteroatoms. The van der Waals surface area contributed by atoms with E-state index in [0.717, 1.165) is 42.1 Å². The lowest BCUT2D eigenvalue weighted by Gasteiger charge is -2.23. The molecule has 2 aliphatic carbocycles. The van der Waals surface area contributed by atoms with Crippen molar-refractivity contribution in [3.8, 4) is 11.4 Å². The van der Waals surface area contributed by atoms with Gasteiger partial charge in [0.05, 0.1) is 5.75 Å². The summed E-state index contributed by atoms with van der Waals surface area (Å²) in [5, 5.41) is 4.21. The van der Waals surface area contributed by atoms with E-state index in [1.807, 2.05) is 18.2 Å². The number of amides is 1. The van der Waals surface area contributed by atoms with E-state index in [4.69, 9.17) is 9.97 Å². The Kier molecular flexibility index (Phi) is 6.07. The molecule has 0 radical (unpaired) electrons. The number of nitrogens with zero attached hydrogens (tertiary/aromatic N) is 2. The zero-order valence-electron chi connectivity index (χ0n) is 15.7. The summed E-state index contributed by atoms with van der Waals surface area (Å²) in [6.45, 7) is 0. The summed E-state index contributed by atoms with van der Waals surface area (Å²) in [5.41, 5.74) is 3.47. The molecule has 1 amide bonds. The van der Waals surface area contributed by atoms with E-state index >= 15 is 0 Å². The van der Waals surface area contributed by atoms with Crippen LogP contribution >= 0.6 is 11.8 Å². The van der Waals surface area contributed by atoms with Crippen LogP contribution in [0.25, 0.3) is 11.4 Å². The zero-order chi connectivity index (χ0) is 18.5. The Hall–Kier alpha value is -1.88. The molecule has 1 heterocycles. The Balaban J connectivity index is 1.49. The van der Waals surface area contributed by atoms with Gasteiger partial charge in [0.15, 0.2) is 5.82 Å². The summed E-state index contributed by atoms with van der Waals surface area (Å²) in [7, 11) is 0. The van der Waals surface area contributed by atoms with Gasteiger partial charge in [-0.1, -0.05) is 61.4 Å².